The molecule has 3 atom stereocenters. The number of anilines is 2. The third-order valence-corrected chi connectivity index (χ3v) is 7.54. The first-order valence-electron chi connectivity index (χ1n) is 12.3. The number of nitrogens with zero attached hydrogens (tertiary/aromatic N) is 4. The van der Waals surface area contributed by atoms with E-state index in [-0.39, 0.29) is 28.4 Å². The van der Waals surface area contributed by atoms with Gasteiger partial charge in [0.2, 0.25) is 0 Å². The van der Waals surface area contributed by atoms with Crippen LogP contribution in [0.1, 0.15) is 61.5 Å². The van der Waals surface area contributed by atoms with Crippen LogP contribution < -0.4 is 10.6 Å². The second-order valence-corrected chi connectivity index (χ2v) is 10.3. The number of amides is 1. The van der Waals surface area contributed by atoms with Crippen LogP contribution in [0.15, 0.2) is 18.3 Å². The van der Waals surface area contributed by atoms with Crippen molar-refractivity contribution >= 4 is 23.2 Å². The Morgan fingerprint density at radius 2 is 2.00 bits per heavy atom. The van der Waals surface area contributed by atoms with E-state index in [4.69, 9.17) is 4.74 Å². The molecule has 0 spiro atoms. The molecule has 0 radical (unpaired) electrons. The number of rotatable bonds is 8. The molecule has 4 saturated carbocycles. The van der Waals surface area contributed by atoms with E-state index < -0.39 is 49.4 Å². The first kappa shape index (κ1) is 25.7. The summed E-state index contributed by atoms with van der Waals surface area (Å²) >= 11 is 0. The lowest BCUT2D eigenvalue weighted by Crippen LogP contribution is -2.68. The molecule has 2 bridgehead atoms. The number of hydrogen-bond acceptors (Lipinski definition) is 7. The molecule has 7 rings (SSSR count). The number of nitrogens with one attached hydrogen (secondary N) is 3. The maximum atomic E-state index is 15.2. The fourth-order valence-electron chi connectivity index (χ4n) is 5.58. The predicted octanol–water partition coefficient (Wildman–Crippen LogP) is 5.03. The number of ether oxygens (including phenoxy) is 2. The number of hydrogen-bond donors (Lipinski definition) is 3. The molecule has 10 nitrogen and oxygen atoms in total. The van der Waals surface area contributed by atoms with Crippen LogP contribution in [0.4, 0.5) is 42.8 Å². The van der Waals surface area contributed by atoms with E-state index >= 15 is 4.39 Å². The van der Waals surface area contributed by atoms with E-state index in [1.165, 1.54) is 12.1 Å². The summed E-state index contributed by atoms with van der Waals surface area (Å²) in [5.41, 5.74) is -0.537. The van der Waals surface area contributed by atoms with E-state index in [9.17, 15) is 26.7 Å². The molecule has 3 heterocycles. The van der Waals surface area contributed by atoms with Gasteiger partial charge in [-0.2, -0.15) is 10.2 Å². The number of aromatic nitrogens is 5. The van der Waals surface area contributed by atoms with Crippen LogP contribution in [0, 0.1) is 5.92 Å². The van der Waals surface area contributed by atoms with Crippen molar-refractivity contribution in [2.75, 3.05) is 5.32 Å². The van der Waals surface area contributed by atoms with Gasteiger partial charge in [-0.25, -0.2) is 27.5 Å². The zero-order valence-corrected chi connectivity index (χ0v) is 20.1. The second kappa shape index (κ2) is 9.27. The first-order valence-corrected chi connectivity index (χ1v) is 12.3. The lowest BCUT2D eigenvalue weighted by molar-refractivity contribution is -0.330. The van der Waals surface area contributed by atoms with Crippen molar-refractivity contribution in [1.82, 2.24) is 30.1 Å². The third-order valence-electron chi connectivity index (χ3n) is 7.54. The summed E-state index contributed by atoms with van der Waals surface area (Å²) in [6.45, 7) is -0.927. The molecular weight excluding hydrogens is 536 g/mol. The number of carbonyl (C=O) groups excluding carboxylic acids is 1. The van der Waals surface area contributed by atoms with Gasteiger partial charge in [0.1, 0.15) is 30.1 Å². The van der Waals surface area contributed by atoms with E-state index in [1.807, 2.05) is 0 Å². The fourth-order valence-corrected chi connectivity index (χ4v) is 5.58. The average molecular weight is 559 g/mol. The Morgan fingerprint density at radius 3 is 2.67 bits per heavy atom. The Hall–Kier alpha value is -3.56. The van der Waals surface area contributed by atoms with Crippen molar-refractivity contribution in [3.05, 3.63) is 35.4 Å². The summed E-state index contributed by atoms with van der Waals surface area (Å²) in [4.78, 5) is 16.1. The normalized spacial score (nSPS) is 27.9. The van der Waals surface area contributed by atoms with Crippen LogP contribution >= 0.6 is 0 Å². The fraction of sp³-hybridized carbons (Fsp3) is 0.565. The van der Waals surface area contributed by atoms with Gasteiger partial charge in [-0.1, -0.05) is 0 Å². The number of alkyl carbamates (subject to hydrolysis) is 1. The number of halogens is 6. The Morgan fingerprint density at radius 1 is 1.23 bits per heavy atom. The topological polar surface area (TPSA) is 118 Å². The lowest BCUT2D eigenvalue weighted by atomic mass is 9.50. The highest BCUT2D eigenvalue weighted by molar-refractivity contribution is 5.73. The molecule has 1 amide bonds. The second-order valence-electron chi connectivity index (χ2n) is 10.3. The van der Waals surface area contributed by atoms with Crippen LogP contribution in [-0.2, 0) is 16.1 Å². The Kier molecular flexibility index (Phi) is 6.11. The van der Waals surface area contributed by atoms with E-state index in [0.29, 0.717) is 24.5 Å². The highest BCUT2D eigenvalue weighted by Gasteiger charge is 2.58. The summed E-state index contributed by atoms with van der Waals surface area (Å²) in [7, 11) is 0. The molecule has 3 aromatic rings. The quantitative estimate of drug-likeness (QED) is 0.331. The van der Waals surface area contributed by atoms with Crippen LogP contribution in [0.2, 0.25) is 0 Å². The predicted molar refractivity (Wildman–Crippen MR) is 121 cm³/mol. The zero-order chi connectivity index (χ0) is 27.5. The third kappa shape index (κ3) is 5.08. The Bertz CT molecular complexity index is 1380. The van der Waals surface area contributed by atoms with Crippen LogP contribution in [0.5, 0.6) is 0 Å². The highest BCUT2D eigenvalue weighted by Crippen LogP contribution is 2.57. The van der Waals surface area contributed by atoms with Gasteiger partial charge < -0.3 is 15.4 Å². The van der Waals surface area contributed by atoms with Gasteiger partial charge in [0.15, 0.2) is 11.6 Å². The Balaban J connectivity index is 1.15. The molecular formula is C23H23F6N7O3. The van der Waals surface area contributed by atoms with Crippen molar-refractivity contribution in [3.63, 3.8) is 0 Å². The largest absolute Gasteiger partial charge is 0.522 e. The van der Waals surface area contributed by atoms with Crippen LogP contribution in [0.3, 0.4) is 0 Å². The van der Waals surface area contributed by atoms with Gasteiger partial charge >= 0.3 is 12.5 Å². The minimum absolute atomic E-state index is 0.0946. The Labute approximate surface area is 216 Å². The maximum absolute atomic E-state index is 15.2. The van der Waals surface area contributed by atoms with Gasteiger partial charge in [0.05, 0.1) is 11.9 Å². The van der Waals surface area contributed by atoms with Gasteiger partial charge in [-0.3, -0.25) is 9.84 Å². The smallest absolute Gasteiger partial charge is 0.443 e. The summed E-state index contributed by atoms with van der Waals surface area (Å²) in [6, 6.07) is 2.68. The number of H-pyrrole nitrogens is 1. The van der Waals surface area contributed by atoms with Gasteiger partial charge in [0, 0.05) is 23.2 Å². The number of alkyl halides is 6. The van der Waals surface area contributed by atoms with Gasteiger partial charge in [0.25, 0.3) is 6.43 Å². The van der Waals surface area contributed by atoms with Crippen LogP contribution in [-0.4, -0.2) is 55.1 Å². The van der Waals surface area contributed by atoms with E-state index in [2.05, 4.69) is 35.7 Å². The van der Waals surface area contributed by atoms with Crippen molar-refractivity contribution in [3.8, 4) is 0 Å². The van der Waals surface area contributed by atoms with Gasteiger partial charge in [-0.15, -0.1) is 13.2 Å². The van der Waals surface area contributed by atoms with Crippen molar-refractivity contribution in [2.24, 2.45) is 5.92 Å². The van der Waals surface area contributed by atoms with E-state index in [1.54, 1.807) is 0 Å². The standard InChI is InChI=1S/C23H23F6N7O3/c24-18-12(1-2-16(18)39-21(37)32-22-5-10(6-22)7-22)13-4-17(34-33-13)31-20-15-3-11(9-38-23(27,28)29)35-36(15)8-14(30-20)19(25)26/h3-4,8,10,12,16,18-19H,1-2,5-7,9H2,(H,32,37)(H2,30,31,33,34)/t10?,12-,16-,18-,22?/m0/s1. The van der Waals surface area contributed by atoms with Crippen molar-refractivity contribution in [1.29, 1.82) is 0 Å². The van der Waals surface area contributed by atoms with Crippen molar-refractivity contribution in [2.45, 2.75) is 75.2 Å². The molecule has 0 aromatic carbocycles. The summed E-state index contributed by atoms with van der Waals surface area (Å²) < 4.78 is 89.4. The minimum atomic E-state index is -4.90. The molecule has 39 heavy (non-hydrogen) atoms. The lowest BCUT2D eigenvalue weighted by Gasteiger charge is -2.61. The number of fused-ring (bicyclic) bond motifs is 1. The minimum Gasteiger partial charge on any atom is -0.443 e. The highest BCUT2D eigenvalue weighted by atomic mass is 19.4. The number of carbonyl (C=O) groups is 1. The molecule has 0 saturated heterocycles. The molecule has 4 aliphatic rings. The summed E-state index contributed by atoms with van der Waals surface area (Å²) in [5, 5.41) is 16.2. The monoisotopic (exact) mass is 559 g/mol. The SMILES string of the molecule is O=C(NC12CC(C1)C2)O[C@H]1CC[C@@H](c2cc(Nc3nc(C(F)F)cn4nc(COC(F)(F)F)cc34)n[nH]2)[C@@H]1F. The van der Waals surface area contributed by atoms with Crippen molar-refractivity contribution < 1.29 is 40.6 Å². The molecule has 4 fully saturated rings. The summed E-state index contributed by atoms with van der Waals surface area (Å²) in [5.74, 6) is -0.0200. The molecule has 0 aliphatic heterocycles. The first-order chi connectivity index (χ1) is 18.5. The molecule has 16 heteroatoms. The molecule has 4 aliphatic carbocycles. The average Bonchev–Trinajstić information content (AvgIpc) is 3.53. The molecule has 210 valence electrons. The van der Waals surface area contributed by atoms with E-state index in [0.717, 1.165) is 30.0 Å². The summed E-state index contributed by atoms with van der Waals surface area (Å²) in [6.07, 6.45) is -6.53. The molecule has 3 N–H and O–H groups in total. The van der Waals surface area contributed by atoms with Crippen LogP contribution in [0.25, 0.3) is 5.52 Å². The zero-order valence-electron chi connectivity index (χ0n) is 20.1. The molecule has 3 aromatic heterocycles. The molecule has 0 unspecified atom stereocenters. The maximum Gasteiger partial charge on any atom is 0.522 e. The van der Waals surface area contributed by atoms with Gasteiger partial charge in [-0.05, 0) is 44.1 Å². The number of aromatic amines is 1.